The topological polar surface area (TPSA) is 108 Å². The van der Waals surface area contributed by atoms with Crippen LogP contribution in [-0.4, -0.2) is 15.8 Å². The monoisotopic (exact) mass is 327 g/mol. The second kappa shape index (κ2) is 5.91. The van der Waals surface area contributed by atoms with Gasteiger partial charge >= 0.3 is 6.18 Å². The lowest BCUT2D eigenvalue weighted by atomic mass is 10.1. The highest BCUT2D eigenvalue weighted by Gasteiger charge is 2.35. The second-order valence-electron chi connectivity index (χ2n) is 4.26. The summed E-state index contributed by atoms with van der Waals surface area (Å²) in [6.07, 6.45) is -3.61. The molecule has 120 valence electrons. The number of hydrogen-bond acceptors (Lipinski definition) is 5. The van der Waals surface area contributed by atoms with Crippen molar-refractivity contribution in [2.24, 2.45) is 5.73 Å². The van der Waals surface area contributed by atoms with Crippen molar-refractivity contribution in [3.05, 3.63) is 57.8 Å². The normalized spacial score (nSPS) is 11.1. The number of carbonyl (C=O) groups excluding carboxylic acids is 1. The van der Waals surface area contributed by atoms with Crippen molar-refractivity contribution in [2.75, 3.05) is 0 Å². The van der Waals surface area contributed by atoms with Crippen LogP contribution in [0.4, 0.5) is 18.9 Å². The highest BCUT2D eigenvalue weighted by atomic mass is 19.4. The summed E-state index contributed by atoms with van der Waals surface area (Å²) in [6.45, 7) is 0. The number of nitrogens with two attached hydrogens (primary N) is 1. The number of ether oxygens (including phenoxy) is 1. The smallest absolute Gasteiger partial charge is 0.421 e. The van der Waals surface area contributed by atoms with E-state index in [1.165, 1.54) is 0 Å². The number of carbonyl (C=O) groups is 1. The molecule has 1 aromatic carbocycles. The van der Waals surface area contributed by atoms with E-state index in [2.05, 4.69) is 4.98 Å². The molecule has 0 atom stereocenters. The van der Waals surface area contributed by atoms with E-state index in [0.29, 0.717) is 0 Å². The van der Waals surface area contributed by atoms with Gasteiger partial charge in [-0.3, -0.25) is 14.9 Å². The molecule has 1 amide bonds. The first kappa shape index (κ1) is 16.2. The molecule has 2 rings (SSSR count). The molecule has 0 aliphatic rings. The number of nitrogens with zero attached hydrogens (tertiary/aromatic N) is 2. The van der Waals surface area contributed by atoms with Gasteiger partial charge in [-0.05, 0) is 18.2 Å². The Balaban J connectivity index is 2.45. The van der Waals surface area contributed by atoms with E-state index in [-0.39, 0.29) is 5.75 Å². The number of halogens is 3. The lowest BCUT2D eigenvalue weighted by Gasteiger charge is -2.12. The Morgan fingerprint density at radius 3 is 2.57 bits per heavy atom. The van der Waals surface area contributed by atoms with Crippen LogP contribution in [0.3, 0.4) is 0 Å². The summed E-state index contributed by atoms with van der Waals surface area (Å²) in [5.74, 6) is -2.10. The Bertz CT molecular complexity index is 777. The number of amides is 1. The van der Waals surface area contributed by atoms with Crippen LogP contribution in [0.2, 0.25) is 0 Å². The fraction of sp³-hybridized carbons (Fsp3) is 0.0769. The van der Waals surface area contributed by atoms with Gasteiger partial charge < -0.3 is 10.5 Å². The molecule has 0 spiro atoms. The molecular formula is C13H8F3N3O4. The molecule has 0 fully saturated rings. The Kier molecular flexibility index (Phi) is 4.16. The van der Waals surface area contributed by atoms with E-state index in [1.54, 1.807) is 0 Å². The van der Waals surface area contributed by atoms with Crippen LogP contribution in [0, 0.1) is 10.1 Å². The van der Waals surface area contributed by atoms with E-state index in [9.17, 15) is 28.1 Å². The van der Waals surface area contributed by atoms with E-state index in [0.717, 1.165) is 36.5 Å². The number of alkyl halides is 3. The van der Waals surface area contributed by atoms with Gasteiger partial charge in [0.15, 0.2) is 0 Å². The summed E-state index contributed by atoms with van der Waals surface area (Å²) >= 11 is 0. The van der Waals surface area contributed by atoms with E-state index in [1.807, 2.05) is 0 Å². The fourth-order valence-electron chi connectivity index (χ4n) is 1.73. The molecule has 2 N–H and O–H groups in total. The zero-order chi connectivity index (χ0) is 17.2. The highest BCUT2D eigenvalue weighted by molar-refractivity contribution is 5.97. The van der Waals surface area contributed by atoms with Gasteiger partial charge in [0, 0.05) is 18.3 Å². The van der Waals surface area contributed by atoms with Gasteiger partial charge in [-0.15, -0.1) is 0 Å². The number of pyridine rings is 1. The lowest BCUT2D eigenvalue weighted by molar-refractivity contribution is -0.385. The van der Waals surface area contributed by atoms with Crippen LogP contribution in [0.5, 0.6) is 11.6 Å². The Hall–Kier alpha value is -3.17. The molecule has 23 heavy (non-hydrogen) atoms. The predicted molar refractivity (Wildman–Crippen MR) is 70.9 cm³/mol. The van der Waals surface area contributed by atoms with Gasteiger partial charge in [-0.1, -0.05) is 0 Å². The molecule has 0 aliphatic heterocycles. The van der Waals surface area contributed by atoms with Gasteiger partial charge in [0.1, 0.15) is 16.9 Å². The SMILES string of the molecule is NC(=O)c1cc(Oc2ncccc2C(F)(F)F)ccc1[N+](=O)[O-]. The standard InChI is InChI=1S/C13H8F3N3O4/c14-13(15,16)9-2-1-5-18-12(9)23-7-3-4-10(19(21)22)8(6-7)11(17)20/h1-6H,(H2,17,20). The van der Waals surface area contributed by atoms with Crippen molar-refractivity contribution in [3.63, 3.8) is 0 Å². The number of benzene rings is 1. The lowest BCUT2D eigenvalue weighted by Crippen LogP contribution is -2.13. The van der Waals surface area contributed by atoms with E-state index < -0.39 is 39.7 Å². The Morgan fingerprint density at radius 1 is 1.30 bits per heavy atom. The van der Waals surface area contributed by atoms with Crippen LogP contribution in [0.25, 0.3) is 0 Å². The summed E-state index contributed by atoms with van der Waals surface area (Å²) in [6, 6.07) is 4.68. The third-order valence-corrected chi connectivity index (χ3v) is 2.72. The third kappa shape index (κ3) is 3.54. The Morgan fingerprint density at radius 2 is 2.00 bits per heavy atom. The average Bonchev–Trinajstić information content (AvgIpc) is 2.46. The van der Waals surface area contributed by atoms with E-state index in [4.69, 9.17) is 10.5 Å². The minimum Gasteiger partial charge on any atom is -0.438 e. The number of aromatic nitrogens is 1. The quantitative estimate of drug-likeness (QED) is 0.686. The van der Waals surface area contributed by atoms with Gasteiger partial charge in [-0.2, -0.15) is 13.2 Å². The first-order valence-corrected chi connectivity index (χ1v) is 5.98. The fourth-order valence-corrected chi connectivity index (χ4v) is 1.73. The molecule has 0 aliphatic carbocycles. The minimum absolute atomic E-state index is 0.242. The molecule has 0 unspecified atom stereocenters. The first-order chi connectivity index (χ1) is 10.7. The minimum atomic E-state index is -4.70. The molecule has 1 aromatic heterocycles. The molecule has 0 saturated heterocycles. The van der Waals surface area contributed by atoms with Crippen molar-refractivity contribution in [2.45, 2.75) is 6.18 Å². The third-order valence-electron chi connectivity index (χ3n) is 2.72. The summed E-state index contributed by atoms with van der Waals surface area (Å²) < 4.78 is 43.5. The van der Waals surface area contributed by atoms with Crippen LogP contribution in [0.1, 0.15) is 15.9 Å². The van der Waals surface area contributed by atoms with Crippen LogP contribution < -0.4 is 10.5 Å². The maximum absolute atomic E-state index is 12.8. The molecular weight excluding hydrogens is 319 g/mol. The van der Waals surface area contributed by atoms with Crippen LogP contribution in [-0.2, 0) is 6.18 Å². The second-order valence-corrected chi connectivity index (χ2v) is 4.26. The number of rotatable bonds is 4. The zero-order valence-corrected chi connectivity index (χ0v) is 11.2. The molecule has 10 heteroatoms. The Labute approximate surface area is 126 Å². The average molecular weight is 327 g/mol. The number of nitro benzene ring substituents is 1. The molecule has 0 radical (unpaired) electrons. The molecule has 0 bridgehead atoms. The first-order valence-electron chi connectivity index (χ1n) is 5.98. The van der Waals surface area contributed by atoms with Crippen molar-refractivity contribution in [1.82, 2.24) is 4.98 Å². The molecule has 2 aromatic rings. The molecule has 7 nitrogen and oxygen atoms in total. The maximum atomic E-state index is 12.8. The number of primary amides is 1. The van der Waals surface area contributed by atoms with Crippen molar-refractivity contribution in [1.29, 1.82) is 0 Å². The van der Waals surface area contributed by atoms with Gasteiger partial charge in [0.25, 0.3) is 11.6 Å². The highest BCUT2D eigenvalue weighted by Crippen LogP contribution is 2.37. The largest absolute Gasteiger partial charge is 0.438 e. The van der Waals surface area contributed by atoms with Crippen molar-refractivity contribution in [3.8, 4) is 11.6 Å². The molecule has 0 saturated carbocycles. The summed E-state index contributed by atoms with van der Waals surface area (Å²) in [4.78, 5) is 24.6. The summed E-state index contributed by atoms with van der Waals surface area (Å²) in [7, 11) is 0. The summed E-state index contributed by atoms with van der Waals surface area (Å²) in [5.41, 5.74) is 2.82. The van der Waals surface area contributed by atoms with Crippen molar-refractivity contribution >= 4 is 11.6 Å². The predicted octanol–water partition coefficient (Wildman–Crippen LogP) is 2.90. The van der Waals surface area contributed by atoms with Gasteiger partial charge in [0.2, 0.25) is 5.88 Å². The number of nitro groups is 1. The number of hydrogen-bond donors (Lipinski definition) is 1. The van der Waals surface area contributed by atoms with Crippen LogP contribution >= 0.6 is 0 Å². The maximum Gasteiger partial charge on any atom is 0.421 e. The van der Waals surface area contributed by atoms with Crippen molar-refractivity contribution < 1.29 is 27.6 Å². The zero-order valence-electron chi connectivity index (χ0n) is 11.2. The van der Waals surface area contributed by atoms with Crippen LogP contribution in [0.15, 0.2) is 36.5 Å². The molecule has 1 heterocycles. The van der Waals surface area contributed by atoms with Gasteiger partial charge in [-0.25, -0.2) is 4.98 Å². The summed E-state index contributed by atoms with van der Waals surface area (Å²) in [5, 5.41) is 10.8. The van der Waals surface area contributed by atoms with E-state index >= 15 is 0 Å². The van der Waals surface area contributed by atoms with Gasteiger partial charge in [0.05, 0.1) is 4.92 Å².